The number of benzene rings is 1. The van der Waals surface area contributed by atoms with Crippen molar-refractivity contribution >= 4 is 11.8 Å². The van der Waals surface area contributed by atoms with Gasteiger partial charge in [0.1, 0.15) is 5.75 Å². The number of amides is 2. The molecule has 2 fully saturated rings. The monoisotopic (exact) mass is 440 g/mol. The number of ether oxygens (including phenoxy) is 2. The Morgan fingerprint density at radius 3 is 2.50 bits per heavy atom. The van der Waals surface area contributed by atoms with Gasteiger partial charge in [-0.2, -0.15) is 5.10 Å². The number of piperidine rings is 1. The number of aromatic nitrogens is 2. The number of aromatic amines is 1. The fraction of sp³-hybridized carbons (Fsp3) is 0.542. The fourth-order valence-electron chi connectivity index (χ4n) is 4.83. The molecule has 0 unspecified atom stereocenters. The van der Waals surface area contributed by atoms with Gasteiger partial charge in [0.05, 0.1) is 43.2 Å². The molecule has 4 rings (SSSR count). The molecule has 8 nitrogen and oxygen atoms in total. The Labute approximate surface area is 188 Å². The van der Waals surface area contributed by atoms with Crippen molar-refractivity contribution in [3.63, 3.8) is 0 Å². The van der Waals surface area contributed by atoms with Gasteiger partial charge in [0.15, 0.2) is 0 Å². The topological polar surface area (TPSA) is 87.8 Å². The molecule has 3 heterocycles. The Bertz CT molecular complexity index is 941. The lowest BCUT2D eigenvalue weighted by molar-refractivity contribution is -0.131. The van der Waals surface area contributed by atoms with E-state index in [-0.39, 0.29) is 29.9 Å². The quantitative estimate of drug-likeness (QED) is 0.772. The van der Waals surface area contributed by atoms with Gasteiger partial charge >= 0.3 is 0 Å². The summed E-state index contributed by atoms with van der Waals surface area (Å²) in [5.41, 5.74) is 2.43. The number of hydrogen-bond acceptors (Lipinski definition) is 5. The zero-order valence-corrected chi connectivity index (χ0v) is 19.0. The number of likely N-dealkylation sites (tertiary alicyclic amines) is 1. The molecule has 1 aromatic carbocycles. The zero-order chi connectivity index (χ0) is 22.7. The van der Waals surface area contributed by atoms with E-state index in [0.29, 0.717) is 38.2 Å². The number of H-pyrrole nitrogens is 1. The Kier molecular flexibility index (Phi) is 6.79. The lowest BCUT2D eigenvalue weighted by Crippen LogP contribution is -2.48. The lowest BCUT2D eigenvalue weighted by atomic mass is 9.90. The molecule has 172 valence electrons. The molecule has 2 amide bonds. The second kappa shape index (κ2) is 9.73. The second-order valence-corrected chi connectivity index (χ2v) is 8.81. The van der Waals surface area contributed by atoms with E-state index in [1.54, 1.807) is 13.3 Å². The van der Waals surface area contributed by atoms with Crippen molar-refractivity contribution in [2.45, 2.75) is 51.2 Å². The first-order valence-electron chi connectivity index (χ1n) is 11.3. The minimum atomic E-state index is 0.00503. The van der Waals surface area contributed by atoms with Crippen LogP contribution in [0.3, 0.4) is 0 Å². The van der Waals surface area contributed by atoms with Gasteiger partial charge in [-0.3, -0.25) is 14.7 Å². The zero-order valence-electron chi connectivity index (χ0n) is 19.0. The first-order valence-corrected chi connectivity index (χ1v) is 11.3. The van der Waals surface area contributed by atoms with Gasteiger partial charge in [-0.05, 0) is 32.8 Å². The van der Waals surface area contributed by atoms with Gasteiger partial charge in [0.2, 0.25) is 5.91 Å². The molecule has 2 aliphatic heterocycles. The third kappa shape index (κ3) is 4.80. The molecule has 1 N–H and O–H groups in total. The molecule has 2 saturated heterocycles. The van der Waals surface area contributed by atoms with Crippen LogP contribution >= 0.6 is 0 Å². The highest BCUT2D eigenvalue weighted by molar-refractivity contribution is 5.95. The van der Waals surface area contributed by atoms with Crippen molar-refractivity contribution in [3.8, 4) is 5.75 Å². The highest BCUT2D eigenvalue weighted by Gasteiger charge is 2.32. The number of carbonyl (C=O) groups excluding carboxylic acids is 2. The van der Waals surface area contributed by atoms with Crippen molar-refractivity contribution in [3.05, 3.63) is 47.3 Å². The maximum atomic E-state index is 13.2. The summed E-state index contributed by atoms with van der Waals surface area (Å²) in [6, 6.07) is 7.63. The fourth-order valence-corrected chi connectivity index (χ4v) is 4.83. The van der Waals surface area contributed by atoms with Crippen molar-refractivity contribution in [1.29, 1.82) is 0 Å². The Balaban J connectivity index is 1.37. The number of nitrogens with one attached hydrogen (secondary N) is 1. The SMILES string of the molecule is COc1ccccc1CC(=O)N1CCC(c2[nH]ncc2C(=O)N2C[C@H](C)O[C@@H](C)C2)CC1. The van der Waals surface area contributed by atoms with E-state index in [4.69, 9.17) is 9.47 Å². The van der Waals surface area contributed by atoms with Crippen LogP contribution in [-0.2, 0) is 16.0 Å². The molecule has 0 spiro atoms. The standard InChI is InChI=1S/C24H32N4O4/c1-16-14-28(15-17(2)32-16)24(30)20-13-25-26-23(20)18-8-10-27(11-9-18)22(29)12-19-6-4-5-7-21(19)31-3/h4-7,13,16-18H,8-12,14-15H2,1-3H3,(H,25,26)/t16-,17-/m0/s1. The maximum Gasteiger partial charge on any atom is 0.257 e. The van der Waals surface area contributed by atoms with Crippen molar-refractivity contribution in [1.82, 2.24) is 20.0 Å². The average Bonchev–Trinajstić information content (AvgIpc) is 3.28. The lowest BCUT2D eigenvalue weighted by Gasteiger charge is -2.36. The number of carbonyl (C=O) groups is 2. The molecule has 8 heteroatoms. The van der Waals surface area contributed by atoms with E-state index in [0.717, 1.165) is 29.8 Å². The Morgan fingerprint density at radius 1 is 1.12 bits per heavy atom. The summed E-state index contributed by atoms with van der Waals surface area (Å²) in [5, 5.41) is 7.25. The largest absolute Gasteiger partial charge is 0.496 e. The normalized spacial score (nSPS) is 22.1. The molecular weight excluding hydrogens is 408 g/mol. The Hall–Kier alpha value is -2.87. The van der Waals surface area contributed by atoms with Gasteiger partial charge in [0, 0.05) is 37.7 Å². The van der Waals surface area contributed by atoms with Crippen LogP contribution in [0.2, 0.25) is 0 Å². The maximum absolute atomic E-state index is 13.2. The third-order valence-corrected chi connectivity index (χ3v) is 6.40. The van der Waals surface area contributed by atoms with Crippen LogP contribution in [-0.4, -0.2) is 77.3 Å². The predicted molar refractivity (Wildman–Crippen MR) is 120 cm³/mol. The van der Waals surface area contributed by atoms with Gasteiger partial charge in [-0.1, -0.05) is 18.2 Å². The van der Waals surface area contributed by atoms with E-state index in [1.165, 1.54) is 0 Å². The van der Waals surface area contributed by atoms with Crippen molar-refractivity contribution in [2.24, 2.45) is 0 Å². The molecule has 1 aromatic heterocycles. The molecule has 0 radical (unpaired) electrons. The molecule has 0 saturated carbocycles. The smallest absolute Gasteiger partial charge is 0.257 e. The third-order valence-electron chi connectivity index (χ3n) is 6.40. The number of rotatable bonds is 5. The molecule has 0 aliphatic carbocycles. The van der Waals surface area contributed by atoms with Crippen LogP contribution in [0.4, 0.5) is 0 Å². The number of hydrogen-bond donors (Lipinski definition) is 1. The van der Waals surface area contributed by atoms with Crippen molar-refractivity contribution < 1.29 is 19.1 Å². The summed E-state index contributed by atoms with van der Waals surface area (Å²) in [6.07, 6.45) is 3.62. The predicted octanol–water partition coefficient (Wildman–Crippen LogP) is 2.62. The van der Waals surface area contributed by atoms with E-state index >= 15 is 0 Å². The van der Waals surface area contributed by atoms with Crippen LogP contribution < -0.4 is 4.74 Å². The number of morpholine rings is 1. The number of nitrogens with zero attached hydrogens (tertiary/aromatic N) is 3. The summed E-state index contributed by atoms with van der Waals surface area (Å²) >= 11 is 0. The average molecular weight is 441 g/mol. The van der Waals surface area contributed by atoms with Gasteiger partial charge < -0.3 is 19.3 Å². The number of methoxy groups -OCH3 is 1. The van der Waals surface area contributed by atoms with E-state index in [2.05, 4.69) is 10.2 Å². The molecular formula is C24H32N4O4. The Morgan fingerprint density at radius 2 is 1.81 bits per heavy atom. The van der Waals surface area contributed by atoms with Gasteiger partial charge in [-0.15, -0.1) is 0 Å². The molecule has 2 aromatic rings. The molecule has 0 bridgehead atoms. The highest BCUT2D eigenvalue weighted by Crippen LogP contribution is 2.30. The van der Waals surface area contributed by atoms with E-state index < -0.39 is 0 Å². The number of para-hydroxylation sites is 1. The summed E-state index contributed by atoms with van der Waals surface area (Å²) in [5.74, 6) is 1.03. The van der Waals surface area contributed by atoms with Crippen LogP contribution in [0.5, 0.6) is 5.75 Å². The summed E-state index contributed by atoms with van der Waals surface area (Å²) in [4.78, 5) is 29.8. The first-order chi connectivity index (χ1) is 15.5. The van der Waals surface area contributed by atoms with Gasteiger partial charge in [-0.25, -0.2) is 0 Å². The van der Waals surface area contributed by atoms with E-state index in [1.807, 2.05) is 47.9 Å². The van der Waals surface area contributed by atoms with Crippen molar-refractivity contribution in [2.75, 3.05) is 33.3 Å². The minimum Gasteiger partial charge on any atom is -0.496 e. The summed E-state index contributed by atoms with van der Waals surface area (Å²) in [7, 11) is 1.62. The molecule has 2 aliphatic rings. The highest BCUT2D eigenvalue weighted by atomic mass is 16.5. The summed E-state index contributed by atoms with van der Waals surface area (Å²) < 4.78 is 11.1. The minimum absolute atomic E-state index is 0.00503. The van der Waals surface area contributed by atoms with Crippen LogP contribution in [0, 0.1) is 0 Å². The summed E-state index contributed by atoms with van der Waals surface area (Å²) in [6.45, 7) is 6.48. The molecule has 32 heavy (non-hydrogen) atoms. The van der Waals surface area contributed by atoms with Crippen LogP contribution in [0.25, 0.3) is 0 Å². The van der Waals surface area contributed by atoms with E-state index in [9.17, 15) is 9.59 Å². The van der Waals surface area contributed by atoms with Crippen LogP contribution in [0.1, 0.15) is 54.2 Å². The second-order valence-electron chi connectivity index (χ2n) is 8.81. The van der Waals surface area contributed by atoms with Gasteiger partial charge in [0.25, 0.3) is 5.91 Å². The molecule has 2 atom stereocenters. The van der Waals surface area contributed by atoms with Crippen LogP contribution in [0.15, 0.2) is 30.5 Å². The first kappa shape index (κ1) is 22.3.